The van der Waals surface area contributed by atoms with Crippen LogP contribution in [0.15, 0.2) is 0 Å². The fraction of sp³-hybridized carbons (Fsp3) is 0.947. The first-order valence-electron chi connectivity index (χ1n) is 9.23. The highest BCUT2D eigenvalue weighted by Gasteiger charge is 2.49. The lowest BCUT2D eigenvalue weighted by Crippen LogP contribution is -2.44. The molecule has 0 amide bonds. The maximum Gasteiger partial charge on any atom is 0.309 e. The third-order valence-corrected chi connectivity index (χ3v) is 6.77. The maximum atomic E-state index is 12.1. The van der Waals surface area contributed by atoms with Crippen LogP contribution >= 0.6 is 0 Å². The third-order valence-electron chi connectivity index (χ3n) is 6.77. The number of carbonyl (C=O) groups is 1. The summed E-state index contributed by atoms with van der Waals surface area (Å²) in [6.45, 7) is 6.89. The van der Waals surface area contributed by atoms with Crippen LogP contribution in [0.4, 0.5) is 0 Å². The summed E-state index contributed by atoms with van der Waals surface area (Å²) >= 11 is 0. The summed E-state index contributed by atoms with van der Waals surface area (Å²) < 4.78 is 0. The molecule has 3 atom stereocenters. The largest absolute Gasteiger partial charge is 0.481 e. The second-order valence-electron chi connectivity index (χ2n) is 8.01. The zero-order valence-corrected chi connectivity index (χ0v) is 14.2. The van der Waals surface area contributed by atoms with Crippen LogP contribution in [-0.2, 0) is 4.79 Å². The van der Waals surface area contributed by atoms with Crippen LogP contribution in [0, 0.1) is 29.1 Å². The van der Waals surface area contributed by atoms with Gasteiger partial charge in [0.05, 0.1) is 5.41 Å². The minimum absolute atomic E-state index is 0.392. The standard InChI is InChI=1S/C19H34O2/c1-4-5-6-16-9-11-19(12-10-16,18(20)21)17-8-7-14(2)15(3)13-17/h14-17H,4-13H2,1-3H3,(H,20,21). The van der Waals surface area contributed by atoms with Crippen LogP contribution in [0.3, 0.4) is 0 Å². The van der Waals surface area contributed by atoms with E-state index in [9.17, 15) is 9.90 Å². The van der Waals surface area contributed by atoms with Gasteiger partial charge in [-0.2, -0.15) is 0 Å². The highest BCUT2D eigenvalue weighted by Crippen LogP contribution is 2.52. The molecule has 0 aromatic carbocycles. The quantitative estimate of drug-likeness (QED) is 0.726. The molecule has 2 nitrogen and oxygen atoms in total. The van der Waals surface area contributed by atoms with Crippen LogP contribution in [0.5, 0.6) is 0 Å². The Labute approximate surface area is 130 Å². The Hall–Kier alpha value is -0.530. The van der Waals surface area contributed by atoms with Gasteiger partial charge in [-0.1, -0.05) is 46.5 Å². The maximum absolute atomic E-state index is 12.1. The molecule has 0 radical (unpaired) electrons. The number of carboxylic acid groups (broad SMARTS) is 1. The Morgan fingerprint density at radius 2 is 1.76 bits per heavy atom. The molecule has 2 saturated carbocycles. The van der Waals surface area contributed by atoms with Crippen molar-refractivity contribution in [2.45, 2.75) is 85.0 Å². The third kappa shape index (κ3) is 3.63. The highest BCUT2D eigenvalue weighted by atomic mass is 16.4. The predicted molar refractivity (Wildman–Crippen MR) is 87.2 cm³/mol. The molecule has 0 bridgehead atoms. The smallest absolute Gasteiger partial charge is 0.309 e. The van der Waals surface area contributed by atoms with Gasteiger partial charge in [0.25, 0.3) is 0 Å². The Morgan fingerprint density at radius 3 is 2.29 bits per heavy atom. The first-order chi connectivity index (χ1) is 9.99. The van der Waals surface area contributed by atoms with Crippen molar-refractivity contribution in [1.29, 1.82) is 0 Å². The lowest BCUT2D eigenvalue weighted by Gasteiger charge is -2.46. The number of hydrogen-bond acceptors (Lipinski definition) is 1. The van der Waals surface area contributed by atoms with E-state index in [2.05, 4.69) is 20.8 Å². The average Bonchev–Trinajstić information content (AvgIpc) is 2.48. The van der Waals surface area contributed by atoms with Crippen LogP contribution in [-0.4, -0.2) is 11.1 Å². The van der Waals surface area contributed by atoms with Crippen molar-refractivity contribution in [2.24, 2.45) is 29.1 Å². The highest BCUT2D eigenvalue weighted by molar-refractivity contribution is 5.75. The van der Waals surface area contributed by atoms with Gasteiger partial charge in [0.15, 0.2) is 0 Å². The molecule has 1 N–H and O–H groups in total. The molecule has 0 aromatic rings. The SMILES string of the molecule is CCCCC1CCC(C(=O)O)(C2CCC(C)C(C)C2)CC1. The Morgan fingerprint density at radius 1 is 1.10 bits per heavy atom. The molecule has 2 aliphatic carbocycles. The number of aliphatic carboxylic acids is 1. The van der Waals surface area contributed by atoms with E-state index in [1.807, 2.05) is 0 Å². The Bertz CT molecular complexity index is 341. The molecule has 0 aliphatic heterocycles. The average molecular weight is 294 g/mol. The van der Waals surface area contributed by atoms with Crippen LogP contribution < -0.4 is 0 Å². The van der Waals surface area contributed by atoms with E-state index < -0.39 is 11.4 Å². The Kier molecular flexibility index (Phi) is 5.73. The van der Waals surface area contributed by atoms with E-state index in [4.69, 9.17) is 0 Å². The molecule has 122 valence electrons. The van der Waals surface area contributed by atoms with Gasteiger partial charge in [-0.05, 0) is 62.2 Å². The van der Waals surface area contributed by atoms with Crippen molar-refractivity contribution >= 4 is 5.97 Å². The van der Waals surface area contributed by atoms with Crippen molar-refractivity contribution in [2.75, 3.05) is 0 Å². The van der Waals surface area contributed by atoms with E-state index in [1.165, 1.54) is 25.7 Å². The summed E-state index contributed by atoms with van der Waals surface area (Å²) in [6.07, 6.45) is 11.5. The van der Waals surface area contributed by atoms with E-state index in [0.29, 0.717) is 11.8 Å². The monoisotopic (exact) mass is 294 g/mol. The van der Waals surface area contributed by atoms with Gasteiger partial charge in [0, 0.05) is 0 Å². The van der Waals surface area contributed by atoms with Crippen LogP contribution in [0.1, 0.15) is 85.0 Å². The minimum Gasteiger partial charge on any atom is -0.481 e. The van der Waals surface area contributed by atoms with Crippen molar-refractivity contribution in [3.8, 4) is 0 Å². The van der Waals surface area contributed by atoms with E-state index >= 15 is 0 Å². The number of hydrogen-bond donors (Lipinski definition) is 1. The summed E-state index contributed by atoms with van der Waals surface area (Å²) in [7, 11) is 0. The molecule has 0 spiro atoms. The molecule has 2 rings (SSSR count). The van der Waals surface area contributed by atoms with Crippen molar-refractivity contribution in [1.82, 2.24) is 0 Å². The molecule has 2 heteroatoms. The molecule has 2 aliphatic rings. The number of unbranched alkanes of at least 4 members (excludes halogenated alkanes) is 1. The van der Waals surface area contributed by atoms with Gasteiger partial charge in [0.2, 0.25) is 0 Å². The molecular formula is C19H34O2. The van der Waals surface area contributed by atoms with Crippen molar-refractivity contribution < 1.29 is 9.90 Å². The predicted octanol–water partition coefficient (Wildman–Crippen LogP) is 5.51. The first-order valence-corrected chi connectivity index (χ1v) is 9.23. The van der Waals surface area contributed by atoms with Crippen LogP contribution in [0.25, 0.3) is 0 Å². The fourth-order valence-corrected chi connectivity index (χ4v) is 4.82. The first kappa shape index (κ1) is 16.8. The normalized spacial score (nSPS) is 40.9. The molecule has 0 aromatic heterocycles. The molecule has 3 unspecified atom stereocenters. The zero-order chi connectivity index (χ0) is 15.5. The van der Waals surface area contributed by atoms with Gasteiger partial charge >= 0.3 is 5.97 Å². The summed E-state index contributed by atoms with van der Waals surface area (Å²) in [5, 5.41) is 9.96. The van der Waals surface area contributed by atoms with Crippen molar-refractivity contribution in [3.05, 3.63) is 0 Å². The van der Waals surface area contributed by atoms with Gasteiger partial charge in [-0.3, -0.25) is 4.79 Å². The Balaban J connectivity index is 2.01. The number of carboxylic acids is 1. The lowest BCUT2D eigenvalue weighted by molar-refractivity contribution is -0.158. The van der Waals surface area contributed by atoms with Crippen LogP contribution in [0.2, 0.25) is 0 Å². The molecule has 21 heavy (non-hydrogen) atoms. The molecular weight excluding hydrogens is 260 g/mol. The second-order valence-corrected chi connectivity index (χ2v) is 8.01. The molecule has 0 saturated heterocycles. The minimum atomic E-state index is -0.497. The van der Waals surface area contributed by atoms with Gasteiger partial charge in [0.1, 0.15) is 0 Å². The van der Waals surface area contributed by atoms with Gasteiger partial charge < -0.3 is 5.11 Å². The van der Waals surface area contributed by atoms with Crippen molar-refractivity contribution in [3.63, 3.8) is 0 Å². The van der Waals surface area contributed by atoms with Gasteiger partial charge in [-0.25, -0.2) is 0 Å². The summed E-state index contributed by atoms with van der Waals surface area (Å²) in [6, 6.07) is 0. The van der Waals surface area contributed by atoms with E-state index in [1.54, 1.807) is 0 Å². The summed E-state index contributed by atoms with van der Waals surface area (Å²) in [5.74, 6) is 2.18. The topological polar surface area (TPSA) is 37.3 Å². The van der Waals surface area contributed by atoms with Gasteiger partial charge in [-0.15, -0.1) is 0 Å². The fourth-order valence-electron chi connectivity index (χ4n) is 4.82. The molecule has 0 heterocycles. The summed E-state index contributed by atoms with van der Waals surface area (Å²) in [4.78, 5) is 12.1. The van der Waals surface area contributed by atoms with E-state index in [0.717, 1.165) is 50.4 Å². The zero-order valence-electron chi connectivity index (χ0n) is 14.2. The van der Waals surface area contributed by atoms with E-state index in [-0.39, 0.29) is 0 Å². The second kappa shape index (κ2) is 7.15. The lowest BCUT2D eigenvalue weighted by atomic mass is 9.57. The molecule has 2 fully saturated rings. The number of rotatable bonds is 5. The summed E-state index contributed by atoms with van der Waals surface area (Å²) in [5.41, 5.74) is -0.392.